The molecule has 1 aromatic rings. The van der Waals surface area contributed by atoms with Crippen molar-refractivity contribution in [2.75, 3.05) is 13.2 Å². The van der Waals surface area contributed by atoms with Gasteiger partial charge in [0, 0.05) is 6.42 Å². The van der Waals surface area contributed by atoms with Crippen molar-refractivity contribution in [3.05, 3.63) is 29.6 Å². The highest BCUT2D eigenvalue weighted by molar-refractivity contribution is 5.33. The second kappa shape index (κ2) is 3.81. The lowest BCUT2D eigenvalue weighted by Crippen LogP contribution is -2.37. The Hall–Kier alpha value is -1.09. The van der Waals surface area contributed by atoms with Crippen LogP contribution in [0.25, 0.3) is 0 Å². The van der Waals surface area contributed by atoms with Crippen LogP contribution < -0.4 is 4.74 Å². The summed E-state index contributed by atoms with van der Waals surface area (Å²) in [6, 6.07) is 5.04. The van der Waals surface area contributed by atoms with Crippen LogP contribution in [0, 0.1) is 5.82 Å². The quantitative estimate of drug-likeness (QED) is 0.763. The molecule has 0 radical (unpaired) electrons. The normalized spacial score (nSPS) is 24.7. The Morgan fingerprint density at radius 1 is 1.53 bits per heavy atom. The molecule has 0 aromatic heterocycles. The summed E-state index contributed by atoms with van der Waals surface area (Å²) in [6.07, 6.45) is 0.945. The van der Waals surface area contributed by atoms with Crippen LogP contribution in [-0.2, 0) is 10.3 Å². The fourth-order valence-corrected chi connectivity index (χ4v) is 1.74. The van der Waals surface area contributed by atoms with Crippen molar-refractivity contribution in [1.29, 1.82) is 0 Å². The number of rotatable bonds is 3. The highest BCUT2D eigenvalue weighted by atomic mass is 19.1. The third-order valence-electron chi connectivity index (χ3n) is 2.84. The van der Waals surface area contributed by atoms with Crippen LogP contribution in [0.4, 0.5) is 4.39 Å². The summed E-state index contributed by atoms with van der Waals surface area (Å²) in [4.78, 5) is 0. The van der Waals surface area contributed by atoms with E-state index in [2.05, 4.69) is 0 Å². The van der Waals surface area contributed by atoms with Gasteiger partial charge in [-0.05, 0) is 31.5 Å². The van der Waals surface area contributed by atoms with Crippen molar-refractivity contribution >= 4 is 0 Å². The van der Waals surface area contributed by atoms with Crippen molar-refractivity contribution in [3.63, 3.8) is 0 Å². The molecule has 0 N–H and O–H groups in total. The lowest BCUT2D eigenvalue weighted by Gasteiger charge is -2.39. The van der Waals surface area contributed by atoms with Gasteiger partial charge in [-0.15, -0.1) is 0 Å². The second-order valence-electron chi connectivity index (χ2n) is 3.91. The van der Waals surface area contributed by atoms with Crippen LogP contribution in [0.5, 0.6) is 5.75 Å². The Bertz CT molecular complexity index is 359. The van der Waals surface area contributed by atoms with Crippen molar-refractivity contribution in [2.45, 2.75) is 25.9 Å². The minimum atomic E-state index is -0.314. The smallest absolute Gasteiger partial charge is 0.165 e. The largest absolute Gasteiger partial charge is 0.491 e. The van der Waals surface area contributed by atoms with Crippen molar-refractivity contribution in [1.82, 2.24) is 0 Å². The van der Waals surface area contributed by atoms with Crippen LogP contribution in [0.3, 0.4) is 0 Å². The SMILES string of the molecule is CCOc1ccc(C2(C)CCO2)cc1F. The van der Waals surface area contributed by atoms with Crippen LogP contribution in [0.2, 0.25) is 0 Å². The highest BCUT2D eigenvalue weighted by Crippen LogP contribution is 2.37. The summed E-state index contributed by atoms with van der Waals surface area (Å²) >= 11 is 0. The molecule has 1 fully saturated rings. The lowest BCUT2D eigenvalue weighted by molar-refractivity contribution is -0.140. The van der Waals surface area contributed by atoms with E-state index in [0.717, 1.165) is 18.6 Å². The summed E-state index contributed by atoms with van der Waals surface area (Å²) in [5.74, 6) is -0.00440. The summed E-state index contributed by atoms with van der Waals surface area (Å²) in [6.45, 7) is 5.05. The standard InChI is InChI=1S/C12H15FO2/c1-3-14-11-5-4-9(8-10(11)13)12(2)6-7-15-12/h4-5,8H,3,6-7H2,1-2H3. The predicted octanol–water partition coefficient (Wildman–Crippen LogP) is 2.86. The first-order valence-electron chi connectivity index (χ1n) is 5.22. The van der Waals surface area contributed by atoms with E-state index in [0.29, 0.717) is 12.4 Å². The summed E-state index contributed by atoms with van der Waals surface area (Å²) < 4.78 is 24.1. The maximum absolute atomic E-state index is 13.5. The Kier molecular flexibility index (Phi) is 2.65. The highest BCUT2D eigenvalue weighted by Gasteiger charge is 2.35. The Morgan fingerprint density at radius 3 is 2.73 bits per heavy atom. The van der Waals surface area contributed by atoms with Gasteiger partial charge in [-0.2, -0.15) is 0 Å². The first-order valence-corrected chi connectivity index (χ1v) is 5.22. The van der Waals surface area contributed by atoms with Gasteiger partial charge in [0.05, 0.1) is 18.8 Å². The van der Waals surface area contributed by atoms with Gasteiger partial charge in [-0.3, -0.25) is 0 Å². The molecule has 15 heavy (non-hydrogen) atoms. The third kappa shape index (κ3) is 1.84. The molecule has 1 saturated heterocycles. The lowest BCUT2D eigenvalue weighted by atomic mass is 9.88. The van der Waals surface area contributed by atoms with Gasteiger partial charge in [0.15, 0.2) is 11.6 Å². The molecule has 2 nitrogen and oxygen atoms in total. The molecular weight excluding hydrogens is 195 g/mol. The second-order valence-corrected chi connectivity index (χ2v) is 3.91. The summed E-state index contributed by atoms with van der Waals surface area (Å²) in [5, 5.41) is 0. The molecule has 0 bridgehead atoms. The molecule has 0 amide bonds. The molecular formula is C12H15FO2. The molecule has 1 aliphatic heterocycles. The van der Waals surface area contributed by atoms with E-state index in [-0.39, 0.29) is 11.4 Å². The number of hydrogen-bond donors (Lipinski definition) is 0. The van der Waals surface area contributed by atoms with E-state index in [1.165, 1.54) is 6.07 Å². The zero-order chi connectivity index (χ0) is 10.9. The molecule has 2 rings (SSSR count). The molecule has 1 unspecified atom stereocenters. The molecule has 0 saturated carbocycles. The van der Waals surface area contributed by atoms with Crippen LogP contribution in [0.1, 0.15) is 25.8 Å². The monoisotopic (exact) mass is 210 g/mol. The van der Waals surface area contributed by atoms with Gasteiger partial charge in [0.2, 0.25) is 0 Å². The van der Waals surface area contributed by atoms with E-state index < -0.39 is 0 Å². The van der Waals surface area contributed by atoms with Crippen LogP contribution in [0.15, 0.2) is 18.2 Å². The average molecular weight is 210 g/mol. The van der Waals surface area contributed by atoms with Gasteiger partial charge in [0.25, 0.3) is 0 Å². The fourth-order valence-electron chi connectivity index (χ4n) is 1.74. The molecule has 1 atom stereocenters. The zero-order valence-electron chi connectivity index (χ0n) is 9.05. The Morgan fingerprint density at radius 2 is 2.27 bits per heavy atom. The minimum Gasteiger partial charge on any atom is -0.491 e. The molecule has 0 spiro atoms. The maximum Gasteiger partial charge on any atom is 0.165 e. The molecule has 3 heteroatoms. The predicted molar refractivity (Wildman–Crippen MR) is 55.5 cm³/mol. The van der Waals surface area contributed by atoms with Crippen molar-refractivity contribution in [3.8, 4) is 5.75 Å². The molecule has 1 aromatic carbocycles. The topological polar surface area (TPSA) is 18.5 Å². The third-order valence-corrected chi connectivity index (χ3v) is 2.84. The van der Waals surface area contributed by atoms with Gasteiger partial charge < -0.3 is 9.47 Å². The van der Waals surface area contributed by atoms with Crippen molar-refractivity contribution < 1.29 is 13.9 Å². The number of benzene rings is 1. The first kappa shape index (κ1) is 10.4. The van der Waals surface area contributed by atoms with E-state index in [4.69, 9.17) is 9.47 Å². The Balaban J connectivity index is 2.25. The van der Waals surface area contributed by atoms with Gasteiger partial charge >= 0.3 is 0 Å². The molecule has 82 valence electrons. The number of ether oxygens (including phenoxy) is 2. The molecule has 1 aliphatic rings. The first-order chi connectivity index (χ1) is 7.15. The molecule has 1 heterocycles. The van der Waals surface area contributed by atoms with E-state index in [9.17, 15) is 4.39 Å². The number of halogens is 1. The molecule has 0 aliphatic carbocycles. The average Bonchev–Trinajstić information content (AvgIpc) is 2.18. The summed E-state index contributed by atoms with van der Waals surface area (Å²) in [7, 11) is 0. The van der Waals surface area contributed by atoms with E-state index in [1.807, 2.05) is 19.9 Å². The van der Waals surface area contributed by atoms with E-state index in [1.54, 1.807) is 6.07 Å². The van der Waals surface area contributed by atoms with Crippen LogP contribution >= 0.6 is 0 Å². The van der Waals surface area contributed by atoms with Crippen LogP contribution in [-0.4, -0.2) is 13.2 Å². The summed E-state index contributed by atoms with van der Waals surface area (Å²) in [5.41, 5.74) is 0.584. The minimum absolute atomic E-state index is 0.300. The van der Waals surface area contributed by atoms with Gasteiger partial charge in [-0.25, -0.2) is 4.39 Å². The maximum atomic E-state index is 13.5. The fraction of sp³-hybridized carbons (Fsp3) is 0.500. The van der Waals surface area contributed by atoms with E-state index >= 15 is 0 Å². The number of hydrogen-bond acceptors (Lipinski definition) is 2. The Labute approximate surface area is 89.0 Å². The van der Waals surface area contributed by atoms with Crippen molar-refractivity contribution in [2.24, 2.45) is 0 Å². The van der Waals surface area contributed by atoms with Gasteiger partial charge in [0.1, 0.15) is 0 Å². The zero-order valence-corrected chi connectivity index (χ0v) is 9.05. The van der Waals surface area contributed by atoms with Gasteiger partial charge in [-0.1, -0.05) is 6.07 Å².